The lowest BCUT2D eigenvalue weighted by Gasteiger charge is -1.92. The van der Waals surface area contributed by atoms with E-state index >= 15 is 0 Å². The molecule has 3 aromatic rings. The third-order valence-electron chi connectivity index (χ3n) is 2.56. The monoisotopic (exact) mass is 240 g/mol. The van der Waals surface area contributed by atoms with Crippen LogP contribution in [-0.2, 0) is 0 Å². The second-order valence-corrected chi connectivity index (χ2v) is 4.87. The first kappa shape index (κ1) is 10.1. The van der Waals surface area contributed by atoms with Crippen LogP contribution in [0.25, 0.3) is 21.9 Å². The molecule has 0 radical (unpaired) electrons. The molecule has 17 heavy (non-hydrogen) atoms. The average molecular weight is 240 g/mol. The van der Waals surface area contributed by atoms with Gasteiger partial charge in [-0.05, 0) is 19.1 Å². The van der Waals surface area contributed by atoms with E-state index in [1.54, 1.807) is 0 Å². The number of hydrogen-bond acceptors (Lipinski definition) is 4. The molecule has 0 atom stereocenters. The highest BCUT2D eigenvalue weighted by Gasteiger charge is 2.16. The molecule has 0 aliphatic heterocycles. The van der Waals surface area contributed by atoms with Crippen LogP contribution < -0.4 is 0 Å². The fourth-order valence-electron chi connectivity index (χ4n) is 1.72. The van der Waals surface area contributed by atoms with Crippen molar-refractivity contribution in [3.8, 4) is 17.5 Å². The van der Waals surface area contributed by atoms with Crippen LogP contribution >= 0.6 is 11.3 Å². The number of oxazole rings is 1. The van der Waals surface area contributed by atoms with Crippen LogP contribution in [-0.4, -0.2) is 4.98 Å². The Bertz CT molecular complexity index is 719. The van der Waals surface area contributed by atoms with Gasteiger partial charge in [0.15, 0.2) is 10.4 Å². The smallest absolute Gasteiger partial charge is 0.228 e. The van der Waals surface area contributed by atoms with Gasteiger partial charge in [-0.1, -0.05) is 18.2 Å². The lowest BCUT2D eigenvalue weighted by molar-refractivity contribution is 0.619. The number of benzene rings is 1. The van der Waals surface area contributed by atoms with Crippen LogP contribution in [0.5, 0.6) is 0 Å². The summed E-state index contributed by atoms with van der Waals surface area (Å²) in [6.07, 6.45) is 0. The van der Waals surface area contributed by atoms with Gasteiger partial charge in [0, 0.05) is 10.4 Å². The summed E-state index contributed by atoms with van der Waals surface area (Å²) < 4.78 is 5.67. The Morgan fingerprint density at radius 1 is 1.29 bits per heavy atom. The van der Waals surface area contributed by atoms with E-state index in [0.29, 0.717) is 17.0 Å². The van der Waals surface area contributed by atoms with Crippen LogP contribution in [0.4, 0.5) is 0 Å². The first-order valence-electron chi connectivity index (χ1n) is 5.15. The van der Waals surface area contributed by atoms with Gasteiger partial charge in [0.1, 0.15) is 11.6 Å². The minimum Gasteiger partial charge on any atom is -0.434 e. The Morgan fingerprint density at radius 2 is 2.06 bits per heavy atom. The normalized spacial score (nSPS) is 10.6. The molecule has 0 fully saturated rings. The Balaban J connectivity index is 2.22. The molecule has 0 aliphatic rings. The van der Waals surface area contributed by atoms with Crippen molar-refractivity contribution in [1.82, 2.24) is 4.98 Å². The quantitative estimate of drug-likeness (QED) is 0.651. The van der Waals surface area contributed by atoms with Crippen molar-refractivity contribution >= 4 is 21.8 Å². The SMILES string of the molecule is Cc1sc2nc(-c3ccccc3)oc2c1C#N. The predicted molar refractivity (Wildman–Crippen MR) is 66.8 cm³/mol. The van der Waals surface area contributed by atoms with Gasteiger partial charge in [0.05, 0.1) is 0 Å². The Morgan fingerprint density at radius 3 is 2.76 bits per heavy atom. The maximum atomic E-state index is 9.05. The molecule has 0 N–H and O–H groups in total. The van der Waals surface area contributed by atoms with Crippen molar-refractivity contribution in [2.24, 2.45) is 0 Å². The molecule has 1 aromatic carbocycles. The van der Waals surface area contributed by atoms with Gasteiger partial charge >= 0.3 is 0 Å². The summed E-state index contributed by atoms with van der Waals surface area (Å²) in [6, 6.07) is 11.9. The molecular weight excluding hydrogens is 232 g/mol. The minimum absolute atomic E-state index is 0.573. The van der Waals surface area contributed by atoms with Gasteiger partial charge in [0.25, 0.3) is 0 Å². The molecule has 3 rings (SSSR count). The number of rotatable bonds is 1. The summed E-state index contributed by atoms with van der Waals surface area (Å²) in [5, 5.41) is 9.05. The summed E-state index contributed by atoms with van der Waals surface area (Å²) in [7, 11) is 0. The number of aryl methyl sites for hydroxylation is 1. The summed E-state index contributed by atoms with van der Waals surface area (Å²) in [4.78, 5) is 6.16. The van der Waals surface area contributed by atoms with Gasteiger partial charge in [-0.15, -0.1) is 11.3 Å². The fraction of sp³-hybridized carbons (Fsp3) is 0.0769. The van der Waals surface area contributed by atoms with Crippen LogP contribution in [0.15, 0.2) is 34.7 Å². The zero-order valence-electron chi connectivity index (χ0n) is 9.10. The summed E-state index contributed by atoms with van der Waals surface area (Å²) in [5.74, 6) is 0.573. The van der Waals surface area contributed by atoms with Gasteiger partial charge in [-0.2, -0.15) is 10.2 Å². The topological polar surface area (TPSA) is 49.8 Å². The zero-order valence-corrected chi connectivity index (χ0v) is 9.91. The van der Waals surface area contributed by atoms with Crippen molar-refractivity contribution in [3.05, 3.63) is 40.8 Å². The van der Waals surface area contributed by atoms with Crippen molar-refractivity contribution in [2.75, 3.05) is 0 Å². The fourth-order valence-corrected chi connectivity index (χ4v) is 2.62. The second-order valence-electron chi connectivity index (χ2n) is 3.66. The number of thiophene rings is 1. The minimum atomic E-state index is 0.573. The number of nitriles is 1. The highest BCUT2D eigenvalue weighted by atomic mass is 32.1. The molecule has 2 heterocycles. The van der Waals surface area contributed by atoms with E-state index in [2.05, 4.69) is 11.1 Å². The Labute approximate surface area is 102 Å². The third-order valence-corrected chi connectivity index (χ3v) is 3.54. The molecule has 0 amide bonds. The van der Waals surface area contributed by atoms with Crippen molar-refractivity contribution in [1.29, 1.82) is 5.26 Å². The van der Waals surface area contributed by atoms with E-state index in [0.717, 1.165) is 15.3 Å². The maximum Gasteiger partial charge on any atom is 0.228 e. The van der Waals surface area contributed by atoms with E-state index < -0.39 is 0 Å². The number of hydrogen-bond donors (Lipinski definition) is 0. The van der Waals surface area contributed by atoms with Gasteiger partial charge < -0.3 is 4.42 Å². The first-order chi connectivity index (χ1) is 8.29. The standard InChI is InChI=1S/C13H8N2OS/c1-8-10(7-14)11-13(17-8)15-12(16-11)9-5-3-2-4-6-9/h2-6H,1H3. The molecule has 0 saturated heterocycles. The number of fused-ring (bicyclic) bond motifs is 1. The summed E-state index contributed by atoms with van der Waals surface area (Å²) in [6.45, 7) is 1.91. The molecule has 0 spiro atoms. The summed E-state index contributed by atoms with van der Waals surface area (Å²) in [5.41, 5.74) is 2.13. The highest BCUT2D eigenvalue weighted by Crippen LogP contribution is 2.33. The molecule has 4 heteroatoms. The Kier molecular flexibility index (Phi) is 2.20. The van der Waals surface area contributed by atoms with E-state index in [1.807, 2.05) is 37.3 Å². The average Bonchev–Trinajstić information content (AvgIpc) is 2.86. The maximum absolute atomic E-state index is 9.05. The zero-order chi connectivity index (χ0) is 11.8. The highest BCUT2D eigenvalue weighted by molar-refractivity contribution is 7.18. The molecular formula is C13H8N2OS. The second kappa shape index (κ2) is 3.72. The van der Waals surface area contributed by atoms with Crippen molar-refractivity contribution in [3.63, 3.8) is 0 Å². The van der Waals surface area contributed by atoms with Gasteiger partial charge in [-0.3, -0.25) is 0 Å². The van der Waals surface area contributed by atoms with Crippen LogP contribution in [0.1, 0.15) is 10.4 Å². The van der Waals surface area contributed by atoms with E-state index in [-0.39, 0.29) is 0 Å². The largest absolute Gasteiger partial charge is 0.434 e. The molecule has 3 nitrogen and oxygen atoms in total. The third kappa shape index (κ3) is 1.52. The lowest BCUT2D eigenvalue weighted by atomic mass is 10.2. The molecule has 0 unspecified atom stereocenters. The van der Waals surface area contributed by atoms with Gasteiger partial charge in [-0.25, -0.2) is 0 Å². The van der Waals surface area contributed by atoms with Gasteiger partial charge in [0.2, 0.25) is 5.89 Å². The first-order valence-corrected chi connectivity index (χ1v) is 5.96. The predicted octanol–water partition coefficient (Wildman–Crippen LogP) is 3.74. The van der Waals surface area contributed by atoms with Crippen molar-refractivity contribution in [2.45, 2.75) is 6.92 Å². The van der Waals surface area contributed by atoms with Crippen LogP contribution in [0.3, 0.4) is 0 Å². The number of nitrogens with zero attached hydrogens (tertiary/aromatic N) is 2. The molecule has 2 aromatic heterocycles. The van der Waals surface area contributed by atoms with Crippen molar-refractivity contribution < 1.29 is 4.42 Å². The molecule has 0 bridgehead atoms. The van der Waals surface area contributed by atoms with Crippen LogP contribution in [0, 0.1) is 18.3 Å². The van der Waals surface area contributed by atoms with Crippen LogP contribution in [0.2, 0.25) is 0 Å². The number of aromatic nitrogens is 1. The van der Waals surface area contributed by atoms with E-state index in [1.165, 1.54) is 11.3 Å². The lowest BCUT2D eigenvalue weighted by Crippen LogP contribution is -1.75. The molecule has 0 aliphatic carbocycles. The molecule has 0 saturated carbocycles. The molecule has 82 valence electrons. The summed E-state index contributed by atoms with van der Waals surface area (Å²) >= 11 is 1.49. The Hall–Kier alpha value is -2.12. The van der Waals surface area contributed by atoms with E-state index in [4.69, 9.17) is 9.68 Å². The van der Waals surface area contributed by atoms with E-state index in [9.17, 15) is 0 Å².